The summed E-state index contributed by atoms with van der Waals surface area (Å²) in [7, 11) is 2.90. The molecule has 0 spiro atoms. The molecule has 21 nitrogen and oxygen atoms in total. The van der Waals surface area contributed by atoms with E-state index in [9.17, 15) is 24.0 Å². The number of allylic oxidation sites excluding steroid dienone is 2. The molecule has 0 aliphatic carbocycles. The van der Waals surface area contributed by atoms with Gasteiger partial charge in [-0.3, -0.25) is 49.0 Å². The minimum absolute atomic E-state index is 0.0781. The number of primary amides is 2. The fourth-order valence-electron chi connectivity index (χ4n) is 6.77. The molecule has 6 aromatic rings. The Bertz CT molecular complexity index is 2700. The Morgan fingerprint density at radius 3 is 1.62 bits per heavy atom. The Kier molecular flexibility index (Phi) is 12.8. The Morgan fingerprint density at radius 1 is 0.738 bits per heavy atom. The van der Waals surface area contributed by atoms with Crippen molar-refractivity contribution in [1.82, 2.24) is 43.7 Å². The first-order chi connectivity index (χ1) is 29.1. The lowest BCUT2D eigenvalue weighted by atomic mass is 10.1. The van der Waals surface area contributed by atoms with Crippen molar-refractivity contribution in [2.45, 2.75) is 66.7 Å². The molecule has 0 fully saturated rings. The monoisotopic (exact) mass is 836 g/mol. The van der Waals surface area contributed by atoms with Crippen LogP contribution in [-0.2, 0) is 31.0 Å². The second kappa shape index (κ2) is 18.2. The van der Waals surface area contributed by atoms with Crippen molar-refractivity contribution in [3.8, 4) is 11.5 Å². The molecular formula is C40H48N14O7. The molecule has 0 aliphatic rings. The predicted octanol–water partition coefficient (Wildman–Crippen LogP) is 2.89. The van der Waals surface area contributed by atoms with Crippen LogP contribution >= 0.6 is 0 Å². The van der Waals surface area contributed by atoms with Crippen molar-refractivity contribution in [3.05, 3.63) is 82.5 Å². The molecule has 0 unspecified atom stereocenters. The molecule has 0 radical (unpaired) electrons. The van der Waals surface area contributed by atoms with Gasteiger partial charge >= 0.3 is 0 Å². The zero-order valence-corrected chi connectivity index (χ0v) is 34.7. The van der Waals surface area contributed by atoms with Crippen LogP contribution in [0.1, 0.15) is 79.8 Å². The van der Waals surface area contributed by atoms with Crippen LogP contribution in [0.3, 0.4) is 0 Å². The lowest BCUT2D eigenvalue weighted by molar-refractivity contribution is -0.130. The summed E-state index contributed by atoms with van der Waals surface area (Å²) in [6.45, 7) is 8.53. The highest BCUT2D eigenvalue weighted by molar-refractivity contribution is 6.05. The topological polar surface area (TPSA) is 280 Å². The molecular weight excluding hydrogens is 789 g/mol. The number of imidazole rings is 2. The van der Waals surface area contributed by atoms with E-state index in [1.165, 1.54) is 38.4 Å². The molecule has 21 heteroatoms. The first-order valence-corrected chi connectivity index (χ1v) is 19.4. The molecule has 0 atom stereocenters. The Balaban J connectivity index is 1.40. The molecule has 0 saturated carbocycles. The lowest BCUT2D eigenvalue weighted by Crippen LogP contribution is -2.33. The maximum atomic E-state index is 13.7. The van der Waals surface area contributed by atoms with Gasteiger partial charge in [0, 0.05) is 50.8 Å². The van der Waals surface area contributed by atoms with E-state index >= 15 is 0 Å². The van der Waals surface area contributed by atoms with Gasteiger partial charge in [-0.25, -0.2) is 15.8 Å². The van der Waals surface area contributed by atoms with Crippen molar-refractivity contribution in [2.75, 3.05) is 31.4 Å². The minimum atomic E-state index is -0.725. The van der Waals surface area contributed by atoms with Crippen LogP contribution in [0, 0.1) is 13.8 Å². The van der Waals surface area contributed by atoms with Gasteiger partial charge in [-0.1, -0.05) is 12.2 Å². The minimum Gasteiger partial charge on any atom is -0.494 e. The lowest BCUT2D eigenvalue weighted by Gasteiger charge is -2.14. The summed E-state index contributed by atoms with van der Waals surface area (Å²) in [5, 5.41) is 15.6. The molecule has 0 aliphatic heterocycles. The number of carbonyl (C=O) groups is 5. The number of anilines is 2. The van der Waals surface area contributed by atoms with Gasteiger partial charge in [-0.05, 0) is 70.5 Å². The number of rotatable bonds is 18. The van der Waals surface area contributed by atoms with Crippen molar-refractivity contribution in [3.63, 3.8) is 0 Å². The van der Waals surface area contributed by atoms with Crippen LogP contribution in [0.2, 0.25) is 0 Å². The van der Waals surface area contributed by atoms with Crippen LogP contribution in [0.25, 0.3) is 22.1 Å². The zero-order valence-electron chi connectivity index (χ0n) is 34.7. The molecule has 61 heavy (non-hydrogen) atoms. The third-order valence-corrected chi connectivity index (χ3v) is 9.65. The first-order valence-electron chi connectivity index (χ1n) is 19.4. The average Bonchev–Trinajstić information content (AvgIpc) is 3.99. The number of benzene rings is 2. The summed E-state index contributed by atoms with van der Waals surface area (Å²) < 4.78 is 18.4. The van der Waals surface area contributed by atoms with Gasteiger partial charge in [-0.15, -0.1) is 0 Å². The summed E-state index contributed by atoms with van der Waals surface area (Å²) in [6, 6.07) is 9.33. The summed E-state index contributed by atoms with van der Waals surface area (Å²) in [5.41, 5.74) is 15.1. The predicted molar refractivity (Wildman–Crippen MR) is 225 cm³/mol. The highest BCUT2D eigenvalue weighted by Crippen LogP contribution is 2.33. The fourth-order valence-corrected chi connectivity index (χ4v) is 6.77. The number of carbonyl (C=O) groups excluding carboxylic acids is 5. The van der Waals surface area contributed by atoms with E-state index in [0.717, 1.165) is 5.01 Å². The number of hydrogen-bond acceptors (Lipinski definition) is 12. The number of fused-ring (bicyclic) bond motifs is 2. The smallest absolute Gasteiger partial charge is 0.276 e. The normalized spacial score (nSPS) is 11.4. The van der Waals surface area contributed by atoms with Crippen molar-refractivity contribution in [2.24, 2.45) is 17.3 Å². The molecule has 8 N–H and O–H groups in total. The van der Waals surface area contributed by atoms with Gasteiger partial charge in [-0.2, -0.15) is 10.2 Å². The van der Waals surface area contributed by atoms with Gasteiger partial charge in [0.1, 0.15) is 33.9 Å². The van der Waals surface area contributed by atoms with Crippen LogP contribution in [-0.4, -0.2) is 94.0 Å². The maximum absolute atomic E-state index is 13.7. The number of hydrogen-bond donors (Lipinski definition) is 5. The Labute approximate surface area is 349 Å². The maximum Gasteiger partial charge on any atom is 0.276 e. The molecule has 0 saturated heterocycles. The Morgan fingerprint density at radius 2 is 1.20 bits per heavy atom. The van der Waals surface area contributed by atoms with Crippen molar-refractivity contribution < 1.29 is 33.4 Å². The Hall–Kier alpha value is -7.55. The SMILES string of the molecule is CCn1nc(C)cc1C(=O)Nc1nc2cc(C(N)=O)cc(OC)c2n1C/C=C/Cn1c(NC(=O)c2cc(C)nn2CC)nc2cc(C(N)=O)cc(OCCCC(=O)N(C)N)c21. The quantitative estimate of drug-likeness (QED) is 0.0275. The van der Waals surface area contributed by atoms with Gasteiger partial charge in [0.05, 0.1) is 36.1 Å². The standard InChI is InChI=1S/C40H48N14O7/c1-7-53-28(16-22(3)48-53)37(58)46-39-44-26-18-24(35(41)56)20-30(60-6)33(26)51(39)13-9-10-14-52-34-27(45-40(52)47-38(59)29-17-23(4)49-54(29)8-2)19-25(36(42)57)21-31(34)61-15-11-12-32(55)50(5)43/h9-10,16-21H,7-8,11-15,43H2,1-6H3,(H2,41,56)(H2,42,57)(H,44,46,58)(H,45,47,59)/b10-9+. The van der Waals surface area contributed by atoms with Crippen LogP contribution in [0.4, 0.5) is 11.9 Å². The molecule has 4 heterocycles. The third kappa shape index (κ3) is 9.20. The van der Waals surface area contributed by atoms with Gasteiger partial charge < -0.3 is 30.1 Å². The van der Waals surface area contributed by atoms with Gasteiger partial charge in [0.15, 0.2) is 0 Å². The third-order valence-electron chi connectivity index (χ3n) is 9.65. The van der Waals surface area contributed by atoms with Crippen LogP contribution in [0.5, 0.6) is 11.5 Å². The van der Waals surface area contributed by atoms with E-state index in [2.05, 4.69) is 25.8 Å². The number of aromatic nitrogens is 8. The second-order valence-electron chi connectivity index (χ2n) is 14.0. The summed E-state index contributed by atoms with van der Waals surface area (Å²) in [4.78, 5) is 73.6. The number of hydrazine groups is 1. The van der Waals surface area contributed by atoms with Gasteiger partial charge in [0.2, 0.25) is 29.6 Å². The number of ether oxygens (including phenoxy) is 2. The molecule has 5 amide bonds. The van der Waals surface area contributed by atoms with E-state index in [1.807, 2.05) is 13.8 Å². The molecule has 2 aromatic carbocycles. The van der Waals surface area contributed by atoms with Crippen molar-refractivity contribution in [1.29, 1.82) is 0 Å². The zero-order chi connectivity index (χ0) is 44.1. The van der Waals surface area contributed by atoms with E-state index in [0.29, 0.717) is 70.1 Å². The van der Waals surface area contributed by atoms with E-state index < -0.39 is 23.6 Å². The molecule has 320 valence electrons. The number of methoxy groups -OCH3 is 1. The molecule has 6 rings (SSSR count). The summed E-state index contributed by atoms with van der Waals surface area (Å²) in [6.07, 6.45) is 4.03. The molecule has 0 bridgehead atoms. The highest BCUT2D eigenvalue weighted by Gasteiger charge is 2.24. The van der Waals surface area contributed by atoms with Crippen LogP contribution < -0.4 is 37.4 Å². The van der Waals surface area contributed by atoms with Crippen molar-refractivity contribution >= 4 is 63.5 Å². The second-order valence-corrected chi connectivity index (χ2v) is 14.0. The summed E-state index contributed by atoms with van der Waals surface area (Å²) >= 11 is 0. The number of nitrogens with zero attached hydrogens (tertiary/aromatic N) is 9. The number of aryl methyl sites for hydroxylation is 4. The van der Waals surface area contributed by atoms with Gasteiger partial charge in [0.25, 0.3) is 11.8 Å². The van der Waals surface area contributed by atoms with Crippen LogP contribution in [0.15, 0.2) is 48.6 Å². The van der Waals surface area contributed by atoms with E-state index in [1.54, 1.807) is 56.6 Å². The average molecular weight is 837 g/mol. The number of nitrogens with one attached hydrogen (secondary N) is 2. The van der Waals surface area contributed by atoms with E-state index in [-0.39, 0.29) is 60.8 Å². The highest BCUT2D eigenvalue weighted by atomic mass is 16.5. The number of amides is 5. The first kappa shape index (κ1) is 43.0. The fraction of sp³-hybridized carbons (Fsp3) is 0.325. The van der Waals surface area contributed by atoms with E-state index in [4.69, 9.17) is 31.8 Å². The molecule has 4 aromatic heterocycles. The number of nitrogens with two attached hydrogens (primary N) is 3. The largest absolute Gasteiger partial charge is 0.494 e. The summed E-state index contributed by atoms with van der Waals surface area (Å²) in [5.74, 6) is 3.76.